The van der Waals surface area contributed by atoms with E-state index >= 15 is 0 Å². The molecule has 2 rings (SSSR count). The Morgan fingerprint density at radius 1 is 1.28 bits per heavy atom. The molecule has 4 heteroatoms. The Morgan fingerprint density at radius 2 is 2.06 bits per heavy atom. The number of nitrogens with one attached hydrogen (secondary N) is 1. The maximum atomic E-state index is 4.51. The fourth-order valence-electron chi connectivity index (χ4n) is 2.53. The summed E-state index contributed by atoms with van der Waals surface area (Å²) in [5.41, 5.74) is 1.30. The van der Waals surface area contributed by atoms with Crippen molar-refractivity contribution in [3.63, 3.8) is 0 Å². The highest BCUT2D eigenvalue weighted by atomic mass is 32.2. The van der Waals surface area contributed by atoms with Crippen LogP contribution in [-0.2, 0) is 6.42 Å². The van der Waals surface area contributed by atoms with E-state index in [2.05, 4.69) is 22.2 Å². The van der Waals surface area contributed by atoms with E-state index in [0.717, 1.165) is 23.9 Å². The molecule has 1 fully saturated rings. The zero-order chi connectivity index (χ0) is 12.8. The minimum absolute atomic E-state index is 0.758. The predicted molar refractivity (Wildman–Crippen MR) is 78.3 cm³/mol. The van der Waals surface area contributed by atoms with Crippen LogP contribution >= 0.6 is 11.8 Å². The molecular formula is C14H23N3S. The van der Waals surface area contributed by atoms with E-state index in [1.54, 1.807) is 6.33 Å². The Balaban J connectivity index is 2.14. The number of hydrogen-bond acceptors (Lipinski definition) is 4. The molecule has 1 aromatic rings. The summed E-state index contributed by atoms with van der Waals surface area (Å²) >= 11 is 1.97. The van der Waals surface area contributed by atoms with Crippen LogP contribution in [0.1, 0.15) is 51.0 Å². The average Bonchev–Trinajstić information content (AvgIpc) is 2.42. The Morgan fingerprint density at radius 3 is 2.72 bits per heavy atom. The first-order valence-electron chi connectivity index (χ1n) is 7.03. The van der Waals surface area contributed by atoms with Crippen LogP contribution in [0.3, 0.4) is 0 Å². The monoisotopic (exact) mass is 265 g/mol. The molecule has 100 valence electrons. The molecule has 0 saturated heterocycles. The van der Waals surface area contributed by atoms with Crippen LogP contribution in [0.25, 0.3) is 0 Å². The fourth-order valence-corrected chi connectivity index (χ4v) is 3.86. The first-order valence-corrected chi connectivity index (χ1v) is 7.91. The van der Waals surface area contributed by atoms with Crippen molar-refractivity contribution in [3.05, 3.63) is 11.9 Å². The van der Waals surface area contributed by atoms with Crippen molar-refractivity contribution in [1.82, 2.24) is 9.97 Å². The molecule has 1 N–H and O–H groups in total. The third kappa shape index (κ3) is 3.37. The number of aromatic nitrogens is 2. The van der Waals surface area contributed by atoms with Gasteiger partial charge in [0.2, 0.25) is 0 Å². The molecule has 1 aromatic heterocycles. The summed E-state index contributed by atoms with van der Waals surface area (Å²) in [5, 5.41) is 5.15. The van der Waals surface area contributed by atoms with Crippen molar-refractivity contribution >= 4 is 17.6 Å². The smallest absolute Gasteiger partial charge is 0.133 e. The molecular weight excluding hydrogens is 242 g/mol. The molecule has 0 atom stereocenters. The molecule has 1 aliphatic carbocycles. The molecule has 0 aromatic carbocycles. The summed E-state index contributed by atoms with van der Waals surface area (Å²) < 4.78 is 0. The highest BCUT2D eigenvalue weighted by Crippen LogP contribution is 2.35. The highest BCUT2D eigenvalue weighted by Gasteiger charge is 2.18. The largest absolute Gasteiger partial charge is 0.373 e. The third-order valence-electron chi connectivity index (χ3n) is 3.47. The molecule has 1 aliphatic rings. The van der Waals surface area contributed by atoms with E-state index in [4.69, 9.17) is 0 Å². The van der Waals surface area contributed by atoms with E-state index < -0.39 is 0 Å². The quantitative estimate of drug-likeness (QED) is 0.820. The lowest BCUT2D eigenvalue weighted by molar-refractivity contribution is 0.515. The van der Waals surface area contributed by atoms with Gasteiger partial charge in [-0.1, -0.05) is 32.6 Å². The Bertz CT molecular complexity index is 375. The van der Waals surface area contributed by atoms with Crippen molar-refractivity contribution in [2.24, 2.45) is 0 Å². The second kappa shape index (κ2) is 6.98. The first-order chi connectivity index (χ1) is 8.85. The summed E-state index contributed by atoms with van der Waals surface area (Å²) in [7, 11) is 1.94. The van der Waals surface area contributed by atoms with E-state index in [1.807, 2.05) is 18.8 Å². The van der Waals surface area contributed by atoms with Gasteiger partial charge < -0.3 is 5.32 Å². The number of thioether (sulfide) groups is 1. The molecule has 0 spiro atoms. The number of nitrogens with zero attached hydrogens (tertiary/aromatic N) is 2. The molecule has 0 radical (unpaired) electrons. The average molecular weight is 265 g/mol. The second-order valence-corrected chi connectivity index (χ2v) is 6.17. The highest BCUT2D eigenvalue weighted by molar-refractivity contribution is 7.99. The van der Waals surface area contributed by atoms with Crippen LogP contribution in [0.2, 0.25) is 0 Å². The number of rotatable bonds is 5. The van der Waals surface area contributed by atoms with Crippen molar-refractivity contribution in [2.45, 2.75) is 62.1 Å². The summed E-state index contributed by atoms with van der Waals surface area (Å²) in [6.07, 6.45) is 10.7. The Kier molecular flexibility index (Phi) is 5.29. The van der Waals surface area contributed by atoms with Gasteiger partial charge in [0.1, 0.15) is 17.2 Å². The summed E-state index contributed by atoms with van der Waals surface area (Å²) in [6, 6.07) is 0. The zero-order valence-corrected chi connectivity index (χ0v) is 12.2. The molecule has 18 heavy (non-hydrogen) atoms. The standard InChI is InChI=1S/C14H23N3S/c1-3-7-12-13(15-2)16-10-17-14(12)18-11-8-5-4-6-9-11/h10-11H,3-9H2,1-2H3,(H,15,16,17). The predicted octanol–water partition coefficient (Wildman–Crippen LogP) is 3.90. The van der Waals surface area contributed by atoms with Gasteiger partial charge in [-0.25, -0.2) is 9.97 Å². The van der Waals surface area contributed by atoms with E-state index in [0.29, 0.717) is 0 Å². The zero-order valence-electron chi connectivity index (χ0n) is 11.4. The van der Waals surface area contributed by atoms with Crippen molar-refractivity contribution < 1.29 is 0 Å². The summed E-state index contributed by atoms with van der Waals surface area (Å²) in [5.74, 6) is 1.00. The lowest BCUT2D eigenvalue weighted by Crippen LogP contribution is -2.10. The van der Waals surface area contributed by atoms with E-state index in [-0.39, 0.29) is 0 Å². The van der Waals surface area contributed by atoms with Gasteiger partial charge in [-0.3, -0.25) is 0 Å². The van der Waals surface area contributed by atoms with Gasteiger partial charge in [0.15, 0.2) is 0 Å². The molecule has 0 unspecified atom stereocenters. The Labute approximate surface area is 114 Å². The second-order valence-electron chi connectivity index (χ2n) is 4.88. The molecule has 1 saturated carbocycles. The van der Waals surface area contributed by atoms with Crippen LogP contribution in [0, 0.1) is 0 Å². The first kappa shape index (κ1) is 13.7. The van der Waals surface area contributed by atoms with Crippen LogP contribution in [0.4, 0.5) is 5.82 Å². The third-order valence-corrected chi connectivity index (χ3v) is 4.85. The van der Waals surface area contributed by atoms with Crippen LogP contribution in [0.15, 0.2) is 11.4 Å². The molecule has 3 nitrogen and oxygen atoms in total. The minimum atomic E-state index is 0.758. The molecule has 0 aliphatic heterocycles. The normalized spacial score (nSPS) is 16.8. The van der Waals surface area contributed by atoms with Crippen LogP contribution in [0.5, 0.6) is 0 Å². The fraction of sp³-hybridized carbons (Fsp3) is 0.714. The van der Waals surface area contributed by atoms with Crippen molar-refractivity contribution in [1.29, 1.82) is 0 Å². The SMILES string of the molecule is CCCc1c(NC)ncnc1SC1CCCCC1. The molecule has 1 heterocycles. The topological polar surface area (TPSA) is 37.8 Å². The number of hydrogen-bond donors (Lipinski definition) is 1. The van der Waals surface area contributed by atoms with Gasteiger partial charge in [0.05, 0.1) is 0 Å². The summed E-state index contributed by atoms with van der Waals surface area (Å²) in [6.45, 7) is 2.21. The lowest BCUT2D eigenvalue weighted by Gasteiger charge is -2.22. The van der Waals surface area contributed by atoms with Gasteiger partial charge in [-0.2, -0.15) is 0 Å². The lowest BCUT2D eigenvalue weighted by atomic mass is 10.0. The molecule has 0 bridgehead atoms. The van der Waals surface area contributed by atoms with Crippen molar-refractivity contribution in [2.75, 3.05) is 12.4 Å². The van der Waals surface area contributed by atoms with Gasteiger partial charge in [0, 0.05) is 17.9 Å². The van der Waals surface area contributed by atoms with Gasteiger partial charge in [-0.15, -0.1) is 11.8 Å². The summed E-state index contributed by atoms with van der Waals surface area (Å²) in [4.78, 5) is 8.85. The number of anilines is 1. The van der Waals surface area contributed by atoms with Gasteiger partial charge in [-0.05, 0) is 19.3 Å². The van der Waals surface area contributed by atoms with Crippen LogP contribution < -0.4 is 5.32 Å². The maximum Gasteiger partial charge on any atom is 0.133 e. The van der Waals surface area contributed by atoms with Gasteiger partial charge in [0.25, 0.3) is 0 Å². The van der Waals surface area contributed by atoms with Gasteiger partial charge >= 0.3 is 0 Å². The van der Waals surface area contributed by atoms with E-state index in [9.17, 15) is 0 Å². The molecule has 0 amide bonds. The Hall–Kier alpha value is -0.770. The van der Waals surface area contributed by atoms with Crippen LogP contribution in [-0.4, -0.2) is 22.3 Å². The van der Waals surface area contributed by atoms with Crippen molar-refractivity contribution in [3.8, 4) is 0 Å². The minimum Gasteiger partial charge on any atom is -0.373 e. The maximum absolute atomic E-state index is 4.51. The van der Waals surface area contributed by atoms with E-state index in [1.165, 1.54) is 42.7 Å².